The molecule has 3 aromatic heterocycles. The molecule has 0 spiro atoms. The van der Waals surface area contributed by atoms with Gasteiger partial charge in [0.05, 0.1) is 17.8 Å². The molecule has 1 aliphatic heterocycles. The molecule has 0 unspecified atom stereocenters. The van der Waals surface area contributed by atoms with Crippen LogP contribution in [0.1, 0.15) is 16.7 Å². The molecule has 0 atom stereocenters. The normalized spacial score (nSPS) is 14.8. The maximum atomic E-state index is 13.7. The van der Waals surface area contributed by atoms with Crippen LogP contribution in [-0.2, 0) is 11.3 Å². The number of hydrogen-bond donors (Lipinski definition) is 0. The first-order chi connectivity index (χ1) is 18.0. The van der Waals surface area contributed by atoms with Crippen molar-refractivity contribution in [2.45, 2.75) is 13.5 Å². The van der Waals surface area contributed by atoms with Crippen LogP contribution >= 0.6 is 22.9 Å². The van der Waals surface area contributed by atoms with Gasteiger partial charge in [-0.3, -0.25) is 9.59 Å². The average Bonchev–Trinajstić information content (AvgIpc) is 3.62. The second-order valence-electron chi connectivity index (χ2n) is 8.83. The molecule has 7 rings (SSSR count). The number of anilines is 1. The van der Waals surface area contributed by atoms with E-state index in [4.69, 9.17) is 16.0 Å². The van der Waals surface area contributed by atoms with Crippen LogP contribution in [0.25, 0.3) is 33.1 Å². The minimum absolute atomic E-state index is 0.230. The predicted molar refractivity (Wildman–Crippen MR) is 144 cm³/mol. The Morgan fingerprint density at radius 3 is 2.51 bits per heavy atom. The lowest BCUT2D eigenvalue weighted by atomic mass is 10.1. The molecule has 1 amide bonds. The van der Waals surface area contributed by atoms with Gasteiger partial charge >= 0.3 is 0 Å². The highest BCUT2D eigenvalue weighted by Crippen LogP contribution is 2.36. The van der Waals surface area contributed by atoms with Gasteiger partial charge < -0.3 is 9.32 Å². The average molecular weight is 525 g/mol. The van der Waals surface area contributed by atoms with Gasteiger partial charge in [-0.1, -0.05) is 71.5 Å². The van der Waals surface area contributed by atoms with Crippen LogP contribution in [0.2, 0.25) is 5.02 Å². The number of furan rings is 1. The van der Waals surface area contributed by atoms with E-state index < -0.39 is 0 Å². The number of nitrogens with zero attached hydrogens (tertiary/aromatic N) is 4. The van der Waals surface area contributed by atoms with Gasteiger partial charge in [-0.05, 0) is 36.8 Å². The summed E-state index contributed by atoms with van der Waals surface area (Å²) >= 11 is 7.19. The minimum Gasteiger partial charge on any atom is -0.452 e. The van der Waals surface area contributed by atoms with Crippen LogP contribution in [0.4, 0.5) is 5.69 Å². The summed E-state index contributed by atoms with van der Waals surface area (Å²) in [4.78, 5) is 33.9. The molecule has 0 saturated carbocycles. The standard InChI is InChI=1S/C28H17ClN4O3S/c1-15-18-6-3-5-9-21(18)36-23(15)25-30-28-33(31-25)27(35)24(37-28)22-19-7-2-4-8-20(19)32(26(22)34)14-16-10-12-17(29)13-11-16/h2-13H,14H2,1H3/b24-22-. The quantitative estimate of drug-likeness (QED) is 0.326. The Bertz CT molecular complexity index is 1990. The van der Waals surface area contributed by atoms with E-state index in [1.807, 2.05) is 67.6 Å². The van der Waals surface area contributed by atoms with Gasteiger partial charge in [0.2, 0.25) is 10.8 Å². The van der Waals surface area contributed by atoms with E-state index in [2.05, 4.69) is 10.1 Å². The summed E-state index contributed by atoms with van der Waals surface area (Å²) in [6, 6.07) is 22.6. The summed E-state index contributed by atoms with van der Waals surface area (Å²) in [6.45, 7) is 2.31. The molecular formula is C28H17ClN4O3S. The lowest BCUT2D eigenvalue weighted by Crippen LogP contribution is -2.32. The number of aromatic nitrogens is 3. The SMILES string of the molecule is Cc1c(-c2nc3s/c(=C4\C(=O)N(Cc5ccc(Cl)cc5)c5ccccc54)c(=O)n3n2)oc2ccccc12. The Balaban J connectivity index is 1.36. The summed E-state index contributed by atoms with van der Waals surface area (Å²) in [7, 11) is 0. The third-order valence-corrected chi connectivity index (χ3v) is 7.89. The van der Waals surface area contributed by atoms with Crippen molar-refractivity contribution >= 4 is 56.0 Å². The highest BCUT2D eigenvalue weighted by molar-refractivity contribution is 7.15. The van der Waals surface area contributed by atoms with E-state index in [0.717, 1.165) is 44.7 Å². The fraction of sp³-hybridized carbons (Fsp3) is 0.0714. The van der Waals surface area contributed by atoms with Crippen LogP contribution in [0.5, 0.6) is 0 Å². The number of thiazole rings is 1. The first-order valence-electron chi connectivity index (χ1n) is 11.6. The van der Waals surface area contributed by atoms with Crippen molar-refractivity contribution < 1.29 is 9.21 Å². The fourth-order valence-corrected chi connectivity index (χ4v) is 5.92. The molecule has 3 aromatic carbocycles. The highest BCUT2D eigenvalue weighted by atomic mass is 35.5. The smallest absolute Gasteiger partial charge is 0.291 e. The first kappa shape index (κ1) is 22.0. The van der Waals surface area contributed by atoms with Gasteiger partial charge in [0.15, 0.2) is 5.76 Å². The maximum absolute atomic E-state index is 13.7. The molecule has 7 nitrogen and oxygen atoms in total. The van der Waals surface area contributed by atoms with Gasteiger partial charge in [-0.15, -0.1) is 5.10 Å². The van der Waals surface area contributed by atoms with Crippen LogP contribution in [-0.4, -0.2) is 20.5 Å². The number of amides is 1. The van der Waals surface area contributed by atoms with Gasteiger partial charge in [0.25, 0.3) is 11.5 Å². The van der Waals surface area contributed by atoms with E-state index in [1.54, 1.807) is 17.0 Å². The van der Waals surface area contributed by atoms with E-state index >= 15 is 0 Å². The van der Waals surface area contributed by atoms with Crippen LogP contribution in [0.15, 0.2) is 82.0 Å². The Labute approximate surface area is 218 Å². The second kappa shape index (κ2) is 8.12. The van der Waals surface area contributed by atoms with E-state index in [1.165, 1.54) is 4.52 Å². The second-order valence-corrected chi connectivity index (χ2v) is 10.2. The van der Waals surface area contributed by atoms with Crippen LogP contribution < -0.4 is 15.0 Å². The molecule has 0 saturated heterocycles. The third kappa shape index (κ3) is 3.33. The molecule has 37 heavy (non-hydrogen) atoms. The highest BCUT2D eigenvalue weighted by Gasteiger charge is 2.34. The van der Waals surface area contributed by atoms with Gasteiger partial charge in [-0.25, -0.2) is 0 Å². The van der Waals surface area contributed by atoms with Crippen molar-refractivity contribution in [3.8, 4) is 11.6 Å². The zero-order valence-corrected chi connectivity index (χ0v) is 21.0. The Kier molecular flexibility index (Phi) is 4.82. The number of benzene rings is 3. The Hall–Kier alpha value is -4.27. The summed E-state index contributed by atoms with van der Waals surface area (Å²) in [5, 5.41) is 6.07. The fourth-order valence-electron chi connectivity index (χ4n) is 4.80. The van der Waals surface area contributed by atoms with E-state index in [9.17, 15) is 9.59 Å². The van der Waals surface area contributed by atoms with Gasteiger partial charge in [0, 0.05) is 21.5 Å². The van der Waals surface area contributed by atoms with Crippen molar-refractivity contribution in [2.24, 2.45) is 0 Å². The molecule has 9 heteroatoms. The Morgan fingerprint density at radius 2 is 1.73 bits per heavy atom. The summed E-state index contributed by atoms with van der Waals surface area (Å²) in [6.07, 6.45) is 0. The zero-order chi connectivity index (χ0) is 25.3. The van der Waals surface area contributed by atoms with Gasteiger partial charge in [0.1, 0.15) is 10.1 Å². The van der Waals surface area contributed by atoms with Crippen molar-refractivity contribution in [1.82, 2.24) is 14.6 Å². The number of hydrogen-bond acceptors (Lipinski definition) is 6. The number of halogens is 1. The minimum atomic E-state index is -0.376. The Morgan fingerprint density at radius 1 is 0.973 bits per heavy atom. The topological polar surface area (TPSA) is 80.7 Å². The lowest BCUT2D eigenvalue weighted by molar-refractivity contribution is -0.113. The molecular weight excluding hydrogens is 508 g/mol. The number of aryl methyl sites for hydroxylation is 1. The van der Waals surface area contributed by atoms with E-state index in [-0.39, 0.29) is 11.5 Å². The first-order valence-corrected chi connectivity index (χ1v) is 12.8. The summed E-state index contributed by atoms with van der Waals surface area (Å²) < 4.78 is 7.56. The van der Waals surface area contributed by atoms with Gasteiger partial charge in [-0.2, -0.15) is 9.50 Å². The molecule has 0 aliphatic carbocycles. The van der Waals surface area contributed by atoms with Crippen LogP contribution in [0.3, 0.4) is 0 Å². The number of carbonyl (C=O) groups is 1. The number of para-hydroxylation sites is 2. The summed E-state index contributed by atoms with van der Waals surface area (Å²) in [5.74, 6) is 0.643. The summed E-state index contributed by atoms with van der Waals surface area (Å²) in [5.41, 5.74) is 4.05. The molecule has 0 radical (unpaired) electrons. The van der Waals surface area contributed by atoms with Crippen molar-refractivity contribution in [2.75, 3.05) is 4.90 Å². The number of rotatable bonds is 3. The molecule has 1 aliphatic rings. The predicted octanol–water partition coefficient (Wildman–Crippen LogP) is 4.99. The molecule has 6 aromatic rings. The van der Waals surface area contributed by atoms with Crippen LogP contribution in [0, 0.1) is 6.92 Å². The zero-order valence-electron chi connectivity index (χ0n) is 19.4. The molecule has 0 fully saturated rings. The van der Waals surface area contributed by atoms with Crippen molar-refractivity contribution in [3.63, 3.8) is 0 Å². The largest absolute Gasteiger partial charge is 0.452 e. The van der Waals surface area contributed by atoms with Crippen molar-refractivity contribution in [1.29, 1.82) is 0 Å². The molecule has 0 bridgehead atoms. The maximum Gasteiger partial charge on any atom is 0.291 e. The third-order valence-electron chi connectivity index (χ3n) is 6.61. The van der Waals surface area contributed by atoms with E-state index in [0.29, 0.717) is 38.2 Å². The monoisotopic (exact) mass is 524 g/mol. The lowest BCUT2D eigenvalue weighted by Gasteiger charge is -2.17. The molecule has 180 valence electrons. The number of carbonyl (C=O) groups excluding carboxylic acids is 1. The molecule has 0 N–H and O–H groups in total. The molecule has 4 heterocycles. The van der Waals surface area contributed by atoms with Crippen molar-refractivity contribution in [3.05, 3.63) is 109 Å². The number of fused-ring (bicyclic) bond motifs is 3.